The van der Waals surface area contributed by atoms with Crippen LogP contribution in [0.2, 0.25) is 0 Å². The fourth-order valence-electron chi connectivity index (χ4n) is 5.37. The van der Waals surface area contributed by atoms with Crippen molar-refractivity contribution in [1.82, 2.24) is 0 Å². The lowest BCUT2D eigenvalue weighted by molar-refractivity contribution is -0.430. The summed E-state index contributed by atoms with van der Waals surface area (Å²) in [4.78, 5) is 14.9. The first-order chi connectivity index (χ1) is 20.9. The van der Waals surface area contributed by atoms with Crippen LogP contribution in [0.1, 0.15) is 195 Å². The summed E-state index contributed by atoms with van der Waals surface area (Å²) in [6, 6.07) is 0. The molecule has 260 valence electrons. The third-order valence-electron chi connectivity index (χ3n) is 8.39. The number of hydrogen-bond donors (Lipinski definition) is 2. The van der Waals surface area contributed by atoms with Gasteiger partial charge < -0.3 is 14.6 Å². The second-order valence-electron chi connectivity index (χ2n) is 13.0. The number of aliphatic hydroxyl groups is 1. The van der Waals surface area contributed by atoms with Crippen LogP contribution < -0.4 is 0 Å². The van der Waals surface area contributed by atoms with Crippen molar-refractivity contribution in [3.63, 3.8) is 0 Å². The maximum atomic E-state index is 8.57. The average molecular weight is 619 g/mol. The van der Waals surface area contributed by atoms with Gasteiger partial charge in [0, 0.05) is 19.4 Å². The van der Waals surface area contributed by atoms with E-state index in [1.807, 2.05) is 6.92 Å². The van der Waals surface area contributed by atoms with Gasteiger partial charge in [-0.1, -0.05) is 129 Å². The molecule has 0 amide bonds. The molecular weight excluding hydrogens is 544 g/mol. The zero-order valence-electron chi connectivity index (χ0n) is 29.1. The molecule has 0 saturated carbocycles. The highest BCUT2D eigenvalue weighted by Gasteiger charge is 2.30. The van der Waals surface area contributed by atoms with Gasteiger partial charge in [-0.3, -0.25) is 0 Å². The molecule has 43 heavy (non-hydrogen) atoms. The van der Waals surface area contributed by atoms with E-state index in [4.69, 9.17) is 29.6 Å². The van der Waals surface area contributed by atoms with Gasteiger partial charge in [0.15, 0.2) is 11.6 Å². The normalized spacial score (nSPS) is 21.9. The lowest BCUT2D eigenvalue weighted by Crippen LogP contribution is -2.36. The quantitative estimate of drug-likeness (QED) is 0.0632. The molecule has 0 bridgehead atoms. The average Bonchev–Trinajstić information content (AvgIpc) is 3.02. The smallest absolute Gasteiger partial charge is 0.198 e. The molecule has 0 aromatic rings. The van der Waals surface area contributed by atoms with Crippen LogP contribution in [0.15, 0.2) is 0 Å². The van der Waals surface area contributed by atoms with Crippen LogP contribution in [0.5, 0.6) is 0 Å². The predicted molar refractivity (Wildman–Crippen MR) is 178 cm³/mol. The summed E-state index contributed by atoms with van der Waals surface area (Å²) in [5.41, 5.74) is 0. The van der Waals surface area contributed by atoms with E-state index in [0.29, 0.717) is 19.8 Å². The van der Waals surface area contributed by atoms with Gasteiger partial charge in [0.2, 0.25) is 0 Å². The van der Waals surface area contributed by atoms with Crippen LogP contribution in [0.4, 0.5) is 0 Å². The minimum Gasteiger partial charge on any atom is -0.396 e. The molecule has 2 saturated heterocycles. The largest absolute Gasteiger partial charge is 0.396 e. The molecule has 7 nitrogen and oxygen atoms in total. The van der Waals surface area contributed by atoms with Crippen molar-refractivity contribution in [3.8, 4) is 0 Å². The first kappa shape index (κ1) is 42.7. The summed E-state index contributed by atoms with van der Waals surface area (Å²) in [6.07, 6.45) is 32.9. The second-order valence-corrected chi connectivity index (χ2v) is 13.0. The second kappa shape index (κ2) is 31.7. The fraction of sp³-hybridized carbons (Fsp3) is 1.00. The Hall–Kier alpha value is -0.280. The summed E-state index contributed by atoms with van der Waals surface area (Å²) in [6.45, 7) is 10.8. The monoisotopic (exact) mass is 619 g/mol. The molecule has 0 aromatic carbocycles. The van der Waals surface area contributed by atoms with Gasteiger partial charge >= 0.3 is 0 Å². The number of hydrogen-bond acceptors (Lipinski definition) is 7. The van der Waals surface area contributed by atoms with Crippen LogP contribution in [0.25, 0.3) is 0 Å². The Kier molecular flexibility index (Phi) is 31.5. The van der Waals surface area contributed by atoms with Gasteiger partial charge in [-0.25, -0.2) is 19.9 Å². The topological polar surface area (TPSA) is 86.6 Å². The number of rotatable bonds is 24. The van der Waals surface area contributed by atoms with Crippen LogP contribution in [0, 0.1) is 0 Å². The van der Waals surface area contributed by atoms with Crippen LogP contribution in [-0.4, -0.2) is 48.4 Å². The molecule has 0 spiro atoms. The first-order valence-electron chi connectivity index (χ1n) is 18.5. The van der Waals surface area contributed by atoms with E-state index in [9.17, 15) is 0 Å². The van der Waals surface area contributed by atoms with Crippen LogP contribution in [0.3, 0.4) is 0 Å². The van der Waals surface area contributed by atoms with Crippen LogP contribution in [-0.2, 0) is 24.1 Å². The van der Waals surface area contributed by atoms with E-state index >= 15 is 0 Å². The SMILES string of the molecule is CC1(OO)CCCCO1.CCCCCCCCCCCCO.CCCCCCCCCCCCOOC1(C)CCCCO1. The molecule has 2 heterocycles. The van der Waals surface area contributed by atoms with Crippen molar-refractivity contribution in [2.75, 3.05) is 26.4 Å². The van der Waals surface area contributed by atoms with E-state index in [1.165, 1.54) is 116 Å². The zero-order valence-corrected chi connectivity index (χ0v) is 29.1. The summed E-state index contributed by atoms with van der Waals surface area (Å²) >= 11 is 0. The Bertz CT molecular complexity index is 524. The molecular formula is C36H74O7. The van der Waals surface area contributed by atoms with Crippen molar-refractivity contribution < 1.29 is 34.5 Å². The summed E-state index contributed by atoms with van der Waals surface area (Å²) in [5.74, 6) is -1.23. The zero-order chi connectivity index (χ0) is 31.7. The van der Waals surface area contributed by atoms with Crippen molar-refractivity contribution in [1.29, 1.82) is 0 Å². The molecule has 0 aliphatic carbocycles. The Morgan fingerprint density at radius 1 is 0.535 bits per heavy atom. The summed E-state index contributed by atoms with van der Waals surface area (Å²) in [5, 5.41) is 16.9. The van der Waals surface area contributed by atoms with E-state index in [2.05, 4.69) is 18.7 Å². The van der Waals surface area contributed by atoms with E-state index in [0.717, 1.165) is 58.0 Å². The van der Waals surface area contributed by atoms with Gasteiger partial charge in [-0.05, 0) is 52.4 Å². The molecule has 0 radical (unpaired) electrons. The Morgan fingerprint density at radius 2 is 0.930 bits per heavy atom. The van der Waals surface area contributed by atoms with Crippen molar-refractivity contribution in [3.05, 3.63) is 0 Å². The summed E-state index contributed by atoms with van der Waals surface area (Å²) in [7, 11) is 0. The Balaban J connectivity index is 0.000000680. The molecule has 2 rings (SSSR count). The molecule has 0 aromatic heterocycles. The minimum absolute atomic E-state index is 0.372. The van der Waals surface area contributed by atoms with Crippen molar-refractivity contribution >= 4 is 0 Å². The van der Waals surface area contributed by atoms with E-state index < -0.39 is 11.6 Å². The van der Waals surface area contributed by atoms with Gasteiger partial charge in [0.05, 0.1) is 19.8 Å². The Labute approximate surface area is 267 Å². The third-order valence-corrected chi connectivity index (χ3v) is 8.39. The van der Waals surface area contributed by atoms with Gasteiger partial charge in [-0.15, -0.1) is 0 Å². The lowest BCUT2D eigenvalue weighted by Gasteiger charge is -2.31. The highest BCUT2D eigenvalue weighted by molar-refractivity contribution is 4.66. The number of aliphatic hydroxyl groups excluding tert-OH is 1. The highest BCUT2D eigenvalue weighted by atomic mass is 17.2. The molecule has 2 fully saturated rings. The number of ether oxygens (including phenoxy) is 2. The Morgan fingerprint density at radius 3 is 1.28 bits per heavy atom. The minimum atomic E-state index is -0.724. The lowest BCUT2D eigenvalue weighted by atomic mass is 10.1. The van der Waals surface area contributed by atoms with Crippen LogP contribution >= 0.6 is 0 Å². The number of unbranched alkanes of at least 4 members (excludes halogenated alkanes) is 18. The van der Waals surface area contributed by atoms with Gasteiger partial charge in [-0.2, -0.15) is 0 Å². The summed E-state index contributed by atoms with van der Waals surface area (Å²) < 4.78 is 10.8. The molecule has 2 aliphatic rings. The van der Waals surface area contributed by atoms with Gasteiger partial charge in [0.25, 0.3) is 0 Å². The molecule has 2 N–H and O–H groups in total. The molecule has 2 atom stereocenters. The maximum absolute atomic E-state index is 8.57. The molecule has 2 unspecified atom stereocenters. The fourth-order valence-corrected chi connectivity index (χ4v) is 5.37. The van der Waals surface area contributed by atoms with Crippen molar-refractivity contribution in [2.24, 2.45) is 0 Å². The first-order valence-corrected chi connectivity index (χ1v) is 18.5. The molecule has 2 aliphatic heterocycles. The predicted octanol–water partition coefficient (Wildman–Crippen LogP) is 11.1. The van der Waals surface area contributed by atoms with E-state index in [-0.39, 0.29) is 0 Å². The standard InChI is InChI=1S/C18H36O3.C12H26O.C6H12O3/c1-3-4-5-6-7-8-9-10-11-13-17-20-21-18(2)15-12-14-16-19-18;1-2-3-4-5-6-7-8-9-10-11-12-13;1-6(9-7)4-2-3-5-8-6/h3-17H2,1-2H3;13H,2-12H2,1H3;7H,2-5H2,1H3. The van der Waals surface area contributed by atoms with Crippen molar-refractivity contribution in [2.45, 2.75) is 206 Å². The highest BCUT2D eigenvalue weighted by Crippen LogP contribution is 2.26. The van der Waals surface area contributed by atoms with E-state index in [1.54, 1.807) is 6.92 Å². The molecule has 7 heteroatoms. The third kappa shape index (κ3) is 28.9. The maximum Gasteiger partial charge on any atom is 0.198 e. The van der Waals surface area contributed by atoms with Gasteiger partial charge in [0.1, 0.15) is 0 Å².